The van der Waals surface area contributed by atoms with Crippen LogP contribution in [0.1, 0.15) is 60.1 Å². The summed E-state index contributed by atoms with van der Waals surface area (Å²) in [4.78, 5) is 23.7. The van der Waals surface area contributed by atoms with Crippen LogP contribution in [0.3, 0.4) is 0 Å². The number of aryl methyl sites for hydroxylation is 2. The number of hydrogen-bond donors (Lipinski definition) is 1. The van der Waals surface area contributed by atoms with Crippen LogP contribution in [0.2, 0.25) is 0 Å². The summed E-state index contributed by atoms with van der Waals surface area (Å²) in [6.45, 7) is 7.92. The fourth-order valence-corrected chi connectivity index (χ4v) is 3.26. The number of benzene rings is 2. The molecule has 3 aromatic rings. The third kappa shape index (κ3) is 6.44. The molecule has 0 radical (unpaired) electrons. The molecule has 0 amide bonds. The number of carboxylic acids is 1. The zero-order valence-electron chi connectivity index (χ0n) is 19.5. The van der Waals surface area contributed by atoms with Gasteiger partial charge in [0.2, 0.25) is 0 Å². The van der Waals surface area contributed by atoms with Crippen molar-refractivity contribution in [1.29, 1.82) is 0 Å². The molecule has 1 aromatic heterocycles. The molecule has 0 aliphatic carbocycles. The summed E-state index contributed by atoms with van der Waals surface area (Å²) >= 11 is 0. The molecule has 174 valence electrons. The zero-order chi connectivity index (χ0) is 24.0. The Kier molecular flexibility index (Phi) is 7.53. The highest BCUT2D eigenvalue weighted by atomic mass is 16.5. The molecule has 0 saturated heterocycles. The van der Waals surface area contributed by atoms with E-state index in [-0.39, 0.29) is 6.61 Å². The lowest BCUT2D eigenvalue weighted by atomic mass is 10.1. The second kappa shape index (κ2) is 10.3. The SMILES string of the molecule is CCCn1nc(Cc2ccc(C)cc2)cc1COC(=O)c1ccc(OC(C)(C)C(=O)O)cc1. The molecule has 0 unspecified atom stereocenters. The van der Waals surface area contributed by atoms with E-state index >= 15 is 0 Å². The normalized spacial score (nSPS) is 11.3. The maximum atomic E-state index is 12.5. The number of carbonyl (C=O) groups is 2. The third-order valence-corrected chi connectivity index (χ3v) is 5.18. The molecular formula is C26H30N2O5. The molecule has 2 aromatic carbocycles. The van der Waals surface area contributed by atoms with Crippen molar-refractivity contribution in [3.05, 3.63) is 82.7 Å². The van der Waals surface area contributed by atoms with Crippen LogP contribution in [0.15, 0.2) is 54.6 Å². The van der Waals surface area contributed by atoms with Gasteiger partial charge < -0.3 is 14.6 Å². The molecule has 0 saturated carbocycles. The number of aromatic nitrogens is 2. The van der Waals surface area contributed by atoms with Gasteiger partial charge in [-0.3, -0.25) is 4.68 Å². The highest BCUT2D eigenvalue weighted by Crippen LogP contribution is 2.20. The van der Waals surface area contributed by atoms with Gasteiger partial charge in [0.05, 0.1) is 17.0 Å². The minimum absolute atomic E-state index is 0.115. The van der Waals surface area contributed by atoms with Gasteiger partial charge in [0.1, 0.15) is 12.4 Å². The van der Waals surface area contributed by atoms with Gasteiger partial charge in [0.25, 0.3) is 0 Å². The number of ether oxygens (including phenoxy) is 2. The Labute approximate surface area is 194 Å². The lowest BCUT2D eigenvalue weighted by Crippen LogP contribution is -2.37. The minimum Gasteiger partial charge on any atom is -0.478 e. The predicted octanol–water partition coefficient (Wildman–Crippen LogP) is 4.79. The van der Waals surface area contributed by atoms with Gasteiger partial charge in [0, 0.05) is 13.0 Å². The molecule has 33 heavy (non-hydrogen) atoms. The van der Waals surface area contributed by atoms with Crippen LogP contribution < -0.4 is 4.74 Å². The summed E-state index contributed by atoms with van der Waals surface area (Å²) in [6.07, 6.45) is 1.63. The van der Waals surface area contributed by atoms with E-state index in [0.29, 0.717) is 17.7 Å². The van der Waals surface area contributed by atoms with Crippen molar-refractivity contribution >= 4 is 11.9 Å². The highest BCUT2D eigenvalue weighted by Gasteiger charge is 2.29. The van der Waals surface area contributed by atoms with Gasteiger partial charge in [-0.05, 0) is 63.1 Å². The first kappa shape index (κ1) is 24.0. The molecular weight excluding hydrogens is 420 g/mol. The van der Waals surface area contributed by atoms with Crippen molar-refractivity contribution in [3.8, 4) is 5.75 Å². The number of hydrogen-bond acceptors (Lipinski definition) is 5. The number of rotatable bonds is 10. The quantitative estimate of drug-likeness (QED) is 0.447. The summed E-state index contributed by atoms with van der Waals surface area (Å²) in [5, 5.41) is 13.9. The molecule has 1 N–H and O–H groups in total. The van der Waals surface area contributed by atoms with Crippen LogP contribution in [-0.4, -0.2) is 32.4 Å². The van der Waals surface area contributed by atoms with Crippen molar-refractivity contribution in [3.63, 3.8) is 0 Å². The number of carbonyl (C=O) groups excluding carboxylic acids is 1. The van der Waals surface area contributed by atoms with Crippen LogP contribution in [0, 0.1) is 6.92 Å². The van der Waals surface area contributed by atoms with Gasteiger partial charge in [-0.25, -0.2) is 9.59 Å². The lowest BCUT2D eigenvalue weighted by Gasteiger charge is -2.21. The Morgan fingerprint density at radius 3 is 2.33 bits per heavy atom. The predicted molar refractivity (Wildman–Crippen MR) is 124 cm³/mol. The van der Waals surface area contributed by atoms with Crippen LogP contribution in [0.25, 0.3) is 0 Å². The fourth-order valence-electron chi connectivity index (χ4n) is 3.26. The van der Waals surface area contributed by atoms with E-state index in [9.17, 15) is 14.7 Å². The Morgan fingerprint density at radius 1 is 1.06 bits per heavy atom. The Bertz CT molecular complexity index is 1100. The molecule has 7 heteroatoms. The monoisotopic (exact) mass is 450 g/mol. The Morgan fingerprint density at radius 2 is 1.73 bits per heavy atom. The number of esters is 1. The lowest BCUT2D eigenvalue weighted by molar-refractivity contribution is -0.152. The molecule has 0 aliphatic rings. The van der Waals surface area contributed by atoms with Crippen molar-refractivity contribution in [2.75, 3.05) is 0 Å². The first-order chi connectivity index (χ1) is 15.7. The van der Waals surface area contributed by atoms with Gasteiger partial charge in [0.15, 0.2) is 5.60 Å². The summed E-state index contributed by atoms with van der Waals surface area (Å²) in [5.74, 6) is -1.18. The maximum absolute atomic E-state index is 12.5. The summed E-state index contributed by atoms with van der Waals surface area (Å²) in [7, 11) is 0. The van der Waals surface area contributed by atoms with Crippen molar-refractivity contribution in [2.24, 2.45) is 0 Å². The summed E-state index contributed by atoms with van der Waals surface area (Å²) in [6, 6.07) is 16.6. The van der Waals surface area contributed by atoms with Crippen LogP contribution in [-0.2, 0) is 29.1 Å². The van der Waals surface area contributed by atoms with E-state index in [4.69, 9.17) is 9.47 Å². The van der Waals surface area contributed by atoms with Gasteiger partial charge in [-0.2, -0.15) is 5.10 Å². The fraction of sp³-hybridized carbons (Fsp3) is 0.346. The number of nitrogens with zero attached hydrogens (tertiary/aromatic N) is 2. The Balaban J connectivity index is 1.64. The number of carboxylic acid groups (broad SMARTS) is 1. The molecule has 1 heterocycles. The van der Waals surface area contributed by atoms with Crippen molar-refractivity contribution in [1.82, 2.24) is 9.78 Å². The average molecular weight is 451 g/mol. The van der Waals surface area contributed by atoms with E-state index in [1.807, 2.05) is 10.7 Å². The number of aliphatic carboxylic acids is 1. The van der Waals surface area contributed by atoms with Crippen LogP contribution in [0.5, 0.6) is 5.75 Å². The first-order valence-corrected chi connectivity index (χ1v) is 11.0. The van der Waals surface area contributed by atoms with E-state index in [2.05, 4.69) is 43.2 Å². The second-order valence-electron chi connectivity index (χ2n) is 8.53. The van der Waals surface area contributed by atoms with Gasteiger partial charge in [-0.15, -0.1) is 0 Å². The maximum Gasteiger partial charge on any atom is 0.347 e. The van der Waals surface area contributed by atoms with E-state index in [1.54, 1.807) is 24.3 Å². The summed E-state index contributed by atoms with van der Waals surface area (Å²) < 4.78 is 12.9. The summed E-state index contributed by atoms with van der Waals surface area (Å²) in [5.41, 5.74) is 3.16. The molecule has 0 fully saturated rings. The van der Waals surface area contributed by atoms with Gasteiger partial charge in [-0.1, -0.05) is 36.8 Å². The van der Waals surface area contributed by atoms with Crippen molar-refractivity contribution < 1.29 is 24.2 Å². The molecule has 0 spiro atoms. The molecule has 0 aliphatic heterocycles. The second-order valence-corrected chi connectivity index (χ2v) is 8.53. The van der Waals surface area contributed by atoms with Gasteiger partial charge >= 0.3 is 11.9 Å². The topological polar surface area (TPSA) is 90.7 Å². The minimum atomic E-state index is -1.37. The highest BCUT2D eigenvalue weighted by molar-refractivity contribution is 5.89. The molecule has 3 rings (SSSR count). The van der Waals surface area contributed by atoms with Crippen LogP contribution in [0.4, 0.5) is 0 Å². The molecule has 0 atom stereocenters. The van der Waals surface area contributed by atoms with Crippen LogP contribution >= 0.6 is 0 Å². The average Bonchev–Trinajstić information content (AvgIpc) is 3.15. The zero-order valence-corrected chi connectivity index (χ0v) is 19.5. The largest absolute Gasteiger partial charge is 0.478 e. The standard InChI is InChI=1S/C26H30N2O5/c1-5-14-28-22(16-21(27-28)15-19-8-6-18(2)7-9-19)17-32-24(29)20-10-12-23(13-11-20)33-26(3,4)25(30)31/h6-13,16H,5,14-15,17H2,1-4H3,(H,30,31). The third-order valence-electron chi connectivity index (χ3n) is 5.18. The Hall–Kier alpha value is -3.61. The molecule has 7 nitrogen and oxygen atoms in total. The smallest absolute Gasteiger partial charge is 0.347 e. The van der Waals surface area contributed by atoms with E-state index in [0.717, 1.165) is 24.4 Å². The van der Waals surface area contributed by atoms with E-state index < -0.39 is 17.5 Å². The van der Waals surface area contributed by atoms with E-state index in [1.165, 1.54) is 25.0 Å². The molecule has 0 bridgehead atoms. The van der Waals surface area contributed by atoms with Crippen molar-refractivity contribution in [2.45, 2.75) is 59.3 Å². The first-order valence-electron chi connectivity index (χ1n) is 11.0.